The molecular weight excluding hydrogens is 378 g/mol. The third-order valence-corrected chi connectivity index (χ3v) is 5.21. The van der Waals surface area contributed by atoms with Crippen LogP contribution in [0.3, 0.4) is 0 Å². The lowest BCUT2D eigenvalue weighted by Gasteiger charge is -2.34. The zero-order valence-corrected chi connectivity index (χ0v) is 17.1. The molecule has 1 fully saturated rings. The fourth-order valence-electron chi connectivity index (χ4n) is 3.31. The first-order chi connectivity index (χ1) is 13.6. The lowest BCUT2D eigenvalue weighted by Crippen LogP contribution is -3.14. The molecule has 7 heteroatoms. The van der Waals surface area contributed by atoms with Crippen LogP contribution in [-0.4, -0.2) is 52.3 Å². The number of halogens is 1. The second-order valence-corrected chi connectivity index (χ2v) is 7.20. The number of carbonyl (C=O) groups excluding carboxylic acids is 1. The standard InChI is InChI=1S/C21H26ClN3O3/c1-3-24-10-12-25(13-11-24)20-9-4-16(22)14-19(20)23-21(26)15-28-18-7-5-17(27-2)6-8-18/h4-9,14H,3,10-13,15H2,1-2H3,(H,23,26)/p+1. The minimum Gasteiger partial charge on any atom is -0.497 e. The summed E-state index contributed by atoms with van der Waals surface area (Å²) in [6, 6.07) is 12.7. The van der Waals surface area contributed by atoms with Gasteiger partial charge in [-0.1, -0.05) is 11.6 Å². The van der Waals surface area contributed by atoms with E-state index in [1.165, 1.54) is 0 Å². The highest BCUT2D eigenvalue weighted by molar-refractivity contribution is 6.31. The summed E-state index contributed by atoms with van der Waals surface area (Å²) >= 11 is 6.17. The predicted octanol–water partition coefficient (Wildman–Crippen LogP) is 2.09. The number of hydrogen-bond donors (Lipinski definition) is 2. The van der Waals surface area contributed by atoms with Crippen molar-refractivity contribution in [2.45, 2.75) is 6.92 Å². The molecule has 1 saturated heterocycles. The molecule has 1 amide bonds. The Labute approximate surface area is 171 Å². The number of likely N-dealkylation sites (N-methyl/N-ethyl adjacent to an activating group) is 1. The van der Waals surface area contributed by atoms with E-state index in [4.69, 9.17) is 21.1 Å². The van der Waals surface area contributed by atoms with Crippen molar-refractivity contribution >= 4 is 28.9 Å². The van der Waals surface area contributed by atoms with Crippen molar-refractivity contribution < 1.29 is 19.2 Å². The highest BCUT2D eigenvalue weighted by Gasteiger charge is 2.21. The number of quaternary nitrogens is 1. The van der Waals surface area contributed by atoms with Gasteiger partial charge in [-0.3, -0.25) is 4.79 Å². The number of amides is 1. The van der Waals surface area contributed by atoms with E-state index in [0.29, 0.717) is 10.8 Å². The number of piperazine rings is 1. The minimum absolute atomic E-state index is 0.0773. The zero-order chi connectivity index (χ0) is 19.9. The molecular formula is C21H27ClN3O3+. The molecule has 3 rings (SSSR count). The molecule has 0 aliphatic carbocycles. The first-order valence-corrected chi connectivity index (χ1v) is 9.91. The highest BCUT2D eigenvalue weighted by atomic mass is 35.5. The molecule has 2 aromatic carbocycles. The van der Waals surface area contributed by atoms with Crippen LogP contribution in [0.25, 0.3) is 0 Å². The molecule has 0 unspecified atom stereocenters. The van der Waals surface area contributed by atoms with Crippen LogP contribution in [0.2, 0.25) is 5.02 Å². The fourth-order valence-corrected chi connectivity index (χ4v) is 3.48. The summed E-state index contributed by atoms with van der Waals surface area (Å²) in [6.45, 7) is 7.36. The summed E-state index contributed by atoms with van der Waals surface area (Å²) in [7, 11) is 1.61. The van der Waals surface area contributed by atoms with Crippen LogP contribution in [0.15, 0.2) is 42.5 Å². The Morgan fingerprint density at radius 2 is 1.82 bits per heavy atom. The largest absolute Gasteiger partial charge is 0.497 e. The summed E-state index contributed by atoms with van der Waals surface area (Å²) in [6.07, 6.45) is 0. The minimum atomic E-state index is -0.225. The van der Waals surface area contributed by atoms with Gasteiger partial charge in [-0.2, -0.15) is 0 Å². The zero-order valence-electron chi connectivity index (χ0n) is 16.3. The molecule has 1 aliphatic heterocycles. The van der Waals surface area contributed by atoms with Gasteiger partial charge in [0.15, 0.2) is 6.61 Å². The van der Waals surface area contributed by atoms with Gasteiger partial charge < -0.3 is 24.6 Å². The molecule has 0 atom stereocenters. The number of benzene rings is 2. The average Bonchev–Trinajstić information content (AvgIpc) is 2.73. The van der Waals surface area contributed by atoms with Crippen LogP contribution in [0, 0.1) is 0 Å². The maximum Gasteiger partial charge on any atom is 0.262 e. The monoisotopic (exact) mass is 404 g/mol. The van der Waals surface area contributed by atoms with Gasteiger partial charge in [0.1, 0.15) is 11.5 Å². The van der Waals surface area contributed by atoms with Crippen LogP contribution in [0.5, 0.6) is 11.5 Å². The van der Waals surface area contributed by atoms with E-state index >= 15 is 0 Å². The predicted molar refractivity (Wildman–Crippen MR) is 112 cm³/mol. The molecule has 2 aromatic rings. The normalized spacial score (nSPS) is 14.6. The van der Waals surface area contributed by atoms with Crippen LogP contribution < -0.4 is 24.6 Å². The van der Waals surface area contributed by atoms with Crippen LogP contribution in [-0.2, 0) is 4.79 Å². The second-order valence-electron chi connectivity index (χ2n) is 6.76. The van der Waals surface area contributed by atoms with Gasteiger partial charge >= 0.3 is 0 Å². The number of rotatable bonds is 7. The summed E-state index contributed by atoms with van der Waals surface area (Å²) < 4.78 is 10.7. The van der Waals surface area contributed by atoms with Crippen molar-refractivity contribution in [3.8, 4) is 11.5 Å². The van der Waals surface area contributed by atoms with E-state index in [-0.39, 0.29) is 12.5 Å². The van der Waals surface area contributed by atoms with Crippen molar-refractivity contribution in [2.75, 3.05) is 56.7 Å². The van der Waals surface area contributed by atoms with E-state index in [0.717, 1.165) is 49.8 Å². The summed E-state index contributed by atoms with van der Waals surface area (Å²) in [5.41, 5.74) is 1.72. The molecule has 0 radical (unpaired) electrons. The lowest BCUT2D eigenvalue weighted by atomic mass is 10.2. The average molecular weight is 405 g/mol. The van der Waals surface area contributed by atoms with Crippen molar-refractivity contribution in [1.82, 2.24) is 0 Å². The maximum atomic E-state index is 12.4. The molecule has 28 heavy (non-hydrogen) atoms. The Kier molecular flexibility index (Phi) is 7.01. The van der Waals surface area contributed by atoms with Crippen molar-refractivity contribution in [1.29, 1.82) is 0 Å². The van der Waals surface area contributed by atoms with Gasteiger partial charge in [0, 0.05) is 5.02 Å². The number of hydrogen-bond acceptors (Lipinski definition) is 4. The van der Waals surface area contributed by atoms with Crippen molar-refractivity contribution in [3.63, 3.8) is 0 Å². The van der Waals surface area contributed by atoms with Crippen molar-refractivity contribution in [3.05, 3.63) is 47.5 Å². The molecule has 0 saturated carbocycles. The van der Waals surface area contributed by atoms with Gasteiger partial charge in [-0.15, -0.1) is 0 Å². The Bertz CT molecular complexity index is 790. The smallest absolute Gasteiger partial charge is 0.262 e. The van der Waals surface area contributed by atoms with Crippen molar-refractivity contribution in [2.24, 2.45) is 0 Å². The number of methoxy groups -OCH3 is 1. The third kappa shape index (κ3) is 5.30. The maximum absolute atomic E-state index is 12.4. The Balaban J connectivity index is 1.62. The lowest BCUT2D eigenvalue weighted by molar-refractivity contribution is -0.898. The van der Waals surface area contributed by atoms with Crippen LogP contribution in [0.1, 0.15) is 6.92 Å². The van der Waals surface area contributed by atoms with Gasteiger partial charge in [-0.05, 0) is 49.4 Å². The van der Waals surface area contributed by atoms with E-state index in [9.17, 15) is 4.79 Å². The van der Waals surface area contributed by atoms with E-state index < -0.39 is 0 Å². The summed E-state index contributed by atoms with van der Waals surface area (Å²) in [4.78, 5) is 16.3. The molecule has 0 aromatic heterocycles. The second kappa shape index (κ2) is 9.66. The Morgan fingerprint density at radius 3 is 2.46 bits per heavy atom. The number of ether oxygens (including phenoxy) is 2. The summed E-state index contributed by atoms with van der Waals surface area (Å²) in [5, 5.41) is 3.54. The van der Waals surface area contributed by atoms with Crippen LogP contribution in [0.4, 0.5) is 11.4 Å². The molecule has 1 aliphatic rings. The molecule has 6 nitrogen and oxygen atoms in total. The van der Waals surface area contributed by atoms with E-state index in [1.54, 1.807) is 42.3 Å². The van der Waals surface area contributed by atoms with Gasteiger partial charge in [0.25, 0.3) is 5.91 Å². The first kappa shape index (κ1) is 20.3. The van der Waals surface area contributed by atoms with Gasteiger partial charge in [-0.25, -0.2) is 0 Å². The topological polar surface area (TPSA) is 55.2 Å². The molecule has 2 N–H and O–H groups in total. The third-order valence-electron chi connectivity index (χ3n) is 4.97. The fraction of sp³-hybridized carbons (Fsp3) is 0.381. The first-order valence-electron chi connectivity index (χ1n) is 9.54. The van der Waals surface area contributed by atoms with E-state index in [2.05, 4.69) is 17.1 Å². The van der Waals surface area contributed by atoms with Gasteiger partial charge in [0.2, 0.25) is 0 Å². The molecule has 0 bridgehead atoms. The Hall–Kier alpha value is -2.44. The SMILES string of the molecule is CC[NH+]1CCN(c2ccc(Cl)cc2NC(=O)COc2ccc(OC)cc2)CC1. The van der Waals surface area contributed by atoms with E-state index in [1.807, 2.05) is 12.1 Å². The number of nitrogens with zero attached hydrogens (tertiary/aromatic N) is 1. The number of nitrogens with one attached hydrogen (secondary N) is 2. The molecule has 150 valence electrons. The molecule has 1 heterocycles. The summed E-state index contributed by atoms with van der Waals surface area (Å²) in [5.74, 6) is 1.13. The highest BCUT2D eigenvalue weighted by Crippen LogP contribution is 2.29. The van der Waals surface area contributed by atoms with Gasteiger partial charge in [0.05, 0.1) is 51.2 Å². The van der Waals surface area contributed by atoms with Crippen LogP contribution >= 0.6 is 11.6 Å². The molecule has 0 spiro atoms. The number of anilines is 2. The Morgan fingerprint density at radius 1 is 1.14 bits per heavy atom. The number of carbonyl (C=O) groups is 1. The quantitative estimate of drug-likeness (QED) is 0.742.